The molecule has 4 rings (SSSR count). The molecule has 0 spiro atoms. The Bertz CT molecular complexity index is 989. The number of hydrogen-bond donors (Lipinski definition) is 2. The smallest absolute Gasteiger partial charge is 0.260 e. The van der Waals surface area contributed by atoms with Crippen LogP contribution < -0.4 is 10.6 Å². The first kappa shape index (κ1) is 19.2. The van der Waals surface area contributed by atoms with Crippen molar-refractivity contribution >= 4 is 28.8 Å². The summed E-state index contributed by atoms with van der Waals surface area (Å²) in [6.07, 6.45) is 3.27. The van der Waals surface area contributed by atoms with Crippen molar-refractivity contribution in [3.63, 3.8) is 0 Å². The number of hydrogen-bond acceptors (Lipinski definition) is 3. The number of ether oxygens (including phenoxy) is 1. The van der Waals surface area contributed by atoms with E-state index in [-0.39, 0.29) is 11.8 Å². The minimum Gasteiger partial charge on any atom is -0.487 e. The number of carbonyl (C=O) groups is 2. The molecule has 0 radical (unpaired) electrons. The van der Waals surface area contributed by atoms with Gasteiger partial charge in [0.1, 0.15) is 12.4 Å². The molecular weight excluding hydrogens is 364 g/mol. The molecule has 2 aromatic rings. The minimum absolute atomic E-state index is 0.0659. The van der Waals surface area contributed by atoms with Crippen LogP contribution in [0.2, 0.25) is 0 Å². The minimum atomic E-state index is -0.155. The van der Waals surface area contributed by atoms with Crippen LogP contribution in [-0.4, -0.2) is 18.4 Å². The van der Waals surface area contributed by atoms with Gasteiger partial charge in [0, 0.05) is 34.5 Å². The van der Waals surface area contributed by atoms with Gasteiger partial charge >= 0.3 is 0 Å². The number of para-hydroxylation sites is 1. The molecule has 0 saturated carbocycles. The molecule has 0 aliphatic carbocycles. The van der Waals surface area contributed by atoms with Gasteiger partial charge < -0.3 is 15.4 Å². The van der Waals surface area contributed by atoms with E-state index in [1.165, 1.54) is 0 Å². The molecule has 0 saturated heterocycles. The number of rotatable bonds is 6. The molecule has 2 amide bonds. The van der Waals surface area contributed by atoms with E-state index in [1.807, 2.05) is 36.4 Å². The van der Waals surface area contributed by atoms with Crippen LogP contribution in [0.4, 0.5) is 5.69 Å². The van der Waals surface area contributed by atoms with Crippen molar-refractivity contribution < 1.29 is 14.3 Å². The van der Waals surface area contributed by atoms with Gasteiger partial charge in [-0.1, -0.05) is 51.0 Å². The quantitative estimate of drug-likeness (QED) is 0.709. The Hall–Kier alpha value is -3.08. The lowest BCUT2D eigenvalue weighted by Crippen LogP contribution is -2.26. The Balaban J connectivity index is 1.54. The summed E-state index contributed by atoms with van der Waals surface area (Å²) >= 11 is 0. The summed E-state index contributed by atoms with van der Waals surface area (Å²) in [5.74, 6) is 1.02. The predicted molar refractivity (Wildman–Crippen MR) is 114 cm³/mol. The van der Waals surface area contributed by atoms with Crippen LogP contribution in [0.15, 0.2) is 42.5 Å². The summed E-state index contributed by atoms with van der Waals surface area (Å²) in [4.78, 5) is 25.0. The van der Waals surface area contributed by atoms with Crippen molar-refractivity contribution in [3.05, 3.63) is 64.7 Å². The standard InChI is InChI=1S/C24H26N2O3/c1-3-15(4-2)11-12-25-23(27)16-9-10-18-17(13-16)14-29-22(18)21-19-7-5-6-8-20(19)26-24(21)28/h5-10,13,15H,3-4,11-12,14H2,1-2H3,(H,25,27)(H,26,28)/b22-21+. The highest BCUT2D eigenvalue weighted by Crippen LogP contribution is 2.41. The Labute approximate surface area is 171 Å². The average molecular weight is 390 g/mol. The van der Waals surface area contributed by atoms with Gasteiger partial charge in [0.15, 0.2) is 0 Å². The summed E-state index contributed by atoms with van der Waals surface area (Å²) < 4.78 is 5.90. The molecule has 2 N–H and O–H groups in total. The predicted octanol–water partition coefficient (Wildman–Crippen LogP) is 4.59. The largest absolute Gasteiger partial charge is 0.487 e. The van der Waals surface area contributed by atoms with Crippen molar-refractivity contribution in [1.29, 1.82) is 0 Å². The number of carbonyl (C=O) groups excluding carboxylic acids is 2. The zero-order chi connectivity index (χ0) is 20.4. The number of fused-ring (bicyclic) bond motifs is 2. The number of anilines is 1. The third-order valence-corrected chi connectivity index (χ3v) is 5.88. The van der Waals surface area contributed by atoms with Crippen LogP contribution in [0.5, 0.6) is 0 Å². The molecule has 2 aliphatic rings. The fourth-order valence-electron chi connectivity index (χ4n) is 4.04. The third kappa shape index (κ3) is 3.65. The van der Waals surface area contributed by atoms with Crippen LogP contribution in [0.1, 0.15) is 60.2 Å². The number of nitrogens with one attached hydrogen (secondary N) is 2. The molecule has 0 atom stereocenters. The zero-order valence-electron chi connectivity index (χ0n) is 16.9. The maximum Gasteiger partial charge on any atom is 0.260 e. The molecule has 5 nitrogen and oxygen atoms in total. The summed E-state index contributed by atoms with van der Waals surface area (Å²) in [6, 6.07) is 13.2. The highest BCUT2D eigenvalue weighted by atomic mass is 16.5. The Morgan fingerprint density at radius 2 is 1.93 bits per heavy atom. The van der Waals surface area contributed by atoms with E-state index < -0.39 is 0 Å². The molecule has 0 aromatic heterocycles. The van der Waals surface area contributed by atoms with Crippen LogP contribution in [-0.2, 0) is 16.1 Å². The van der Waals surface area contributed by atoms with E-state index in [4.69, 9.17) is 4.74 Å². The third-order valence-electron chi connectivity index (χ3n) is 5.88. The first-order valence-electron chi connectivity index (χ1n) is 10.3. The van der Waals surface area contributed by atoms with Gasteiger partial charge in [-0.2, -0.15) is 0 Å². The van der Waals surface area contributed by atoms with Crippen LogP contribution in [0.25, 0.3) is 11.3 Å². The summed E-state index contributed by atoms with van der Waals surface area (Å²) in [7, 11) is 0. The van der Waals surface area contributed by atoms with Crippen LogP contribution >= 0.6 is 0 Å². The van der Waals surface area contributed by atoms with Gasteiger partial charge in [0.05, 0.1) is 5.57 Å². The molecule has 2 aromatic carbocycles. The lowest BCUT2D eigenvalue weighted by Gasteiger charge is -2.12. The molecule has 29 heavy (non-hydrogen) atoms. The van der Waals surface area contributed by atoms with Gasteiger partial charge in [-0.05, 0) is 30.5 Å². The topological polar surface area (TPSA) is 67.4 Å². The summed E-state index contributed by atoms with van der Waals surface area (Å²) in [5, 5.41) is 5.91. The Morgan fingerprint density at radius 1 is 1.14 bits per heavy atom. The van der Waals surface area contributed by atoms with E-state index >= 15 is 0 Å². The highest BCUT2D eigenvalue weighted by Gasteiger charge is 2.32. The van der Waals surface area contributed by atoms with Crippen molar-refractivity contribution in [2.45, 2.75) is 39.7 Å². The molecule has 0 fully saturated rings. The molecule has 0 unspecified atom stereocenters. The maximum atomic E-state index is 12.5. The van der Waals surface area contributed by atoms with E-state index in [2.05, 4.69) is 24.5 Å². The zero-order valence-corrected chi connectivity index (χ0v) is 16.9. The molecule has 150 valence electrons. The maximum absolute atomic E-state index is 12.5. The van der Waals surface area contributed by atoms with Crippen molar-refractivity contribution in [3.8, 4) is 0 Å². The van der Waals surface area contributed by atoms with Gasteiger partial charge in [-0.15, -0.1) is 0 Å². The second-order valence-electron chi connectivity index (χ2n) is 7.59. The molecule has 2 heterocycles. The SMILES string of the molecule is CCC(CC)CCNC(=O)c1ccc2c(c1)CO/C2=C1/C(=O)Nc2ccccc21. The first-order chi connectivity index (χ1) is 14.1. The van der Waals surface area contributed by atoms with E-state index in [0.29, 0.717) is 36.0 Å². The Morgan fingerprint density at radius 3 is 2.72 bits per heavy atom. The monoisotopic (exact) mass is 390 g/mol. The summed E-state index contributed by atoms with van der Waals surface area (Å²) in [5.41, 5.74) is 4.63. The van der Waals surface area contributed by atoms with Crippen molar-refractivity contribution in [2.24, 2.45) is 5.92 Å². The fourth-order valence-corrected chi connectivity index (χ4v) is 4.04. The molecule has 5 heteroatoms. The number of amides is 2. The normalized spacial score (nSPS) is 17.0. The van der Waals surface area contributed by atoms with Crippen LogP contribution in [0.3, 0.4) is 0 Å². The Kier molecular flexibility index (Phi) is 5.38. The lowest BCUT2D eigenvalue weighted by molar-refractivity contribution is -0.110. The van der Waals surface area contributed by atoms with Crippen LogP contribution in [0, 0.1) is 5.92 Å². The number of benzene rings is 2. The molecule has 0 bridgehead atoms. The first-order valence-corrected chi connectivity index (χ1v) is 10.3. The average Bonchev–Trinajstić information content (AvgIpc) is 3.30. The second-order valence-corrected chi connectivity index (χ2v) is 7.59. The highest BCUT2D eigenvalue weighted by molar-refractivity contribution is 6.36. The van der Waals surface area contributed by atoms with Gasteiger partial charge in [-0.3, -0.25) is 9.59 Å². The summed E-state index contributed by atoms with van der Waals surface area (Å²) in [6.45, 7) is 5.42. The van der Waals surface area contributed by atoms with Crippen molar-refractivity contribution in [2.75, 3.05) is 11.9 Å². The van der Waals surface area contributed by atoms with Crippen molar-refractivity contribution in [1.82, 2.24) is 5.32 Å². The molecule has 2 aliphatic heterocycles. The fraction of sp³-hybridized carbons (Fsp3) is 0.333. The van der Waals surface area contributed by atoms with Gasteiger partial charge in [0.2, 0.25) is 0 Å². The second kappa shape index (κ2) is 8.11. The van der Waals surface area contributed by atoms with Gasteiger partial charge in [0.25, 0.3) is 11.8 Å². The van der Waals surface area contributed by atoms with Gasteiger partial charge in [-0.25, -0.2) is 0 Å². The van der Waals surface area contributed by atoms with E-state index in [9.17, 15) is 9.59 Å². The lowest BCUT2D eigenvalue weighted by atomic mass is 9.98. The van der Waals surface area contributed by atoms with E-state index in [0.717, 1.165) is 41.6 Å². The molecular formula is C24H26N2O3. The van der Waals surface area contributed by atoms with E-state index in [1.54, 1.807) is 6.07 Å².